The quantitative estimate of drug-likeness (QED) is 0.870. The molecular formula is C19H24N4O. The third-order valence-electron chi connectivity index (χ3n) is 5.54. The standard InChI is InChI=1S/C19H24N4O/c1-3-17-20-21-18-11-15-8-9-16(12-22(17)18)23(15)19(24)10-14-7-5-4-6-13(14)2/h4-7,15-16H,3,8-12H2,1-2H3. The Morgan fingerprint density at radius 2 is 2.00 bits per heavy atom. The van der Waals surface area contributed by atoms with Crippen LogP contribution < -0.4 is 0 Å². The zero-order valence-electron chi connectivity index (χ0n) is 14.4. The van der Waals surface area contributed by atoms with Crippen LogP contribution in [-0.2, 0) is 30.6 Å². The predicted molar refractivity (Wildman–Crippen MR) is 91.6 cm³/mol. The first-order valence-electron chi connectivity index (χ1n) is 8.94. The molecule has 3 heterocycles. The van der Waals surface area contributed by atoms with Gasteiger partial charge in [0.15, 0.2) is 0 Å². The van der Waals surface area contributed by atoms with E-state index in [1.807, 2.05) is 12.1 Å². The second-order valence-corrected chi connectivity index (χ2v) is 6.99. The van der Waals surface area contributed by atoms with Gasteiger partial charge in [-0.05, 0) is 30.9 Å². The van der Waals surface area contributed by atoms with Crippen molar-refractivity contribution in [3.63, 3.8) is 0 Å². The number of aromatic nitrogens is 3. The molecule has 0 saturated carbocycles. The number of hydrogen-bond donors (Lipinski definition) is 0. The highest BCUT2D eigenvalue weighted by Gasteiger charge is 2.40. The summed E-state index contributed by atoms with van der Waals surface area (Å²) < 4.78 is 2.25. The van der Waals surface area contributed by atoms with Gasteiger partial charge in [-0.1, -0.05) is 31.2 Å². The molecule has 2 aliphatic rings. The van der Waals surface area contributed by atoms with Crippen molar-refractivity contribution in [3.05, 3.63) is 47.0 Å². The minimum atomic E-state index is 0.258. The number of hydrogen-bond acceptors (Lipinski definition) is 3. The average Bonchev–Trinajstić information content (AvgIpc) is 3.09. The summed E-state index contributed by atoms with van der Waals surface area (Å²) in [6.45, 7) is 5.04. The highest BCUT2D eigenvalue weighted by atomic mass is 16.2. The summed E-state index contributed by atoms with van der Waals surface area (Å²) in [5.41, 5.74) is 2.33. The lowest BCUT2D eigenvalue weighted by Crippen LogP contribution is -2.43. The summed E-state index contributed by atoms with van der Waals surface area (Å²) in [6, 6.07) is 8.75. The molecule has 5 nitrogen and oxygen atoms in total. The number of carbonyl (C=O) groups is 1. The van der Waals surface area contributed by atoms with Gasteiger partial charge < -0.3 is 9.47 Å². The molecule has 1 saturated heterocycles. The van der Waals surface area contributed by atoms with E-state index in [-0.39, 0.29) is 18.0 Å². The van der Waals surface area contributed by atoms with Gasteiger partial charge in [0.05, 0.1) is 12.5 Å². The minimum absolute atomic E-state index is 0.258. The fourth-order valence-corrected chi connectivity index (χ4v) is 4.23. The Morgan fingerprint density at radius 3 is 2.79 bits per heavy atom. The molecule has 2 bridgehead atoms. The number of aryl methyl sites for hydroxylation is 2. The van der Waals surface area contributed by atoms with Crippen LogP contribution in [0.25, 0.3) is 0 Å². The molecule has 0 aliphatic carbocycles. The second kappa shape index (κ2) is 6.04. The first-order valence-corrected chi connectivity index (χ1v) is 8.94. The molecule has 5 heteroatoms. The lowest BCUT2D eigenvalue weighted by molar-refractivity contribution is -0.133. The van der Waals surface area contributed by atoms with Crippen LogP contribution in [0, 0.1) is 6.92 Å². The van der Waals surface area contributed by atoms with Gasteiger partial charge in [0, 0.05) is 25.4 Å². The third kappa shape index (κ3) is 2.52. The molecule has 1 aromatic carbocycles. The van der Waals surface area contributed by atoms with Crippen molar-refractivity contribution >= 4 is 5.91 Å². The number of nitrogens with zero attached hydrogens (tertiary/aromatic N) is 4. The van der Waals surface area contributed by atoms with Gasteiger partial charge in [0.2, 0.25) is 5.91 Å². The van der Waals surface area contributed by atoms with Crippen LogP contribution in [0.15, 0.2) is 24.3 Å². The van der Waals surface area contributed by atoms with Crippen molar-refractivity contribution in [2.75, 3.05) is 0 Å². The lowest BCUT2D eigenvalue weighted by Gasteiger charge is -2.28. The number of fused-ring (bicyclic) bond motifs is 3. The number of carbonyl (C=O) groups excluding carboxylic acids is 1. The van der Waals surface area contributed by atoms with Crippen molar-refractivity contribution in [2.24, 2.45) is 0 Å². The molecule has 2 aromatic rings. The first-order chi connectivity index (χ1) is 11.7. The van der Waals surface area contributed by atoms with Crippen molar-refractivity contribution in [2.45, 2.75) is 64.6 Å². The SMILES string of the molecule is CCc1nnc2n1CC1CCC(C2)N1C(=O)Cc1ccccc1C. The van der Waals surface area contributed by atoms with E-state index in [0.717, 1.165) is 49.4 Å². The van der Waals surface area contributed by atoms with Crippen molar-refractivity contribution in [1.82, 2.24) is 19.7 Å². The summed E-state index contributed by atoms with van der Waals surface area (Å²) in [4.78, 5) is 15.2. The van der Waals surface area contributed by atoms with Gasteiger partial charge in [-0.3, -0.25) is 4.79 Å². The lowest BCUT2D eigenvalue weighted by atomic mass is 10.0. The molecule has 0 N–H and O–H groups in total. The summed E-state index contributed by atoms with van der Waals surface area (Å²) in [7, 11) is 0. The number of rotatable bonds is 3. The van der Waals surface area contributed by atoms with Gasteiger partial charge >= 0.3 is 0 Å². The van der Waals surface area contributed by atoms with Crippen LogP contribution in [0.4, 0.5) is 0 Å². The molecule has 126 valence electrons. The zero-order chi connectivity index (χ0) is 16.7. The number of amides is 1. The highest BCUT2D eigenvalue weighted by molar-refractivity contribution is 5.80. The predicted octanol–water partition coefficient (Wildman–Crippen LogP) is 2.31. The Kier molecular flexibility index (Phi) is 3.87. The molecular weight excluding hydrogens is 300 g/mol. The summed E-state index contributed by atoms with van der Waals surface area (Å²) in [5, 5.41) is 8.69. The van der Waals surface area contributed by atoms with Gasteiger partial charge in [-0.2, -0.15) is 0 Å². The van der Waals surface area contributed by atoms with E-state index in [1.54, 1.807) is 0 Å². The molecule has 2 aliphatic heterocycles. The van der Waals surface area contributed by atoms with Crippen LogP contribution in [0.3, 0.4) is 0 Å². The summed E-state index contributed by atoms with van der Waals surface area (Å²) in [5.74, 6) is 2.35. The third-order valence-corrected chi connectivity index (χ3v) is 5.54. The van der Waals surface area contributed by atoms with E-state index in [1.165, 1.54) is 5.56 Å². The molecule has 1 amide bonds. The largest absolute Gasteiger partial charge is 0.334 e. The van der Waals surface area contributed by atoms with E-state index in [4.69, 9.17) is 0 Å². The molecule has 1 fully saturated rings. The smallest absolute Gasteiger partial charge is 0.227 e. The molecule has 4 rings (SSSR count). The molecule has 0 spiro atoms. The van der Waals surface area contributed by atoms with Crippen molar-refractivity contribution in [3.8, 4) is 0 Å². The van der Waals surface area contributed by atoms with E-state index in [0.29, 0.717) is 6.42 Å². The van der Waals surface area contributed by atoms with Crippen LogP contribution in [0.1, 0.15) is 42.5 Å². The van der Waals surface area contributed by atoms with Gasteiger partial charge in [0.25, 0.3) is 0 Å². The maximum Gasteiger partial charge on any atom is 0.227 e. The Labute approximate surface area is 142 Å². The second-order valence-electron chi connectivity index (χ2n) is 6.99. The molecule has 2 atom stereocenters. The molecule has 1 aromatic heterocycles. The zero-order valence-corrected chi connectivity index (χ0v) is 14.4. The summed E-state index contributed by atoms with van der Waals surface area (Å²) >= 11 is 0. The van der Waals surface area contributed by atoms with Gasteiger partial charge in [-0.15, -0.1) is 10.2 Å². The monoisotopic (exact) mass is 324 g/mol. The van der Waals surface area contributed by atoms with Crippen molar-refractivity contribution < 1.29 is 4.79 Å². The Balaban J connectivity index is 1.58. The minimum Gasteiger partial charge on any atom is -0.334 e. The fraction of sp³-hybridized carbons (Fsp3) is 0.526. The normalized spacial score (nSPS) is 22.3. The van der Waals surface area contributed by atoms with E-state index >= 15 is 0 Å². The van der Waals surface area contributed by atoms with Crippen LogP contribution in [-0.4, -0.2) is 37.7 Å². The van der Waals surface area contributed by atoms with E-state index < -0.39 is 0 Å². The van der Waals surface area contributed by atoms with Gasteiger partial charge in [0.1, 0.15) is 11.6 Å². The first kappa shape index (κ1) is 15.4. The Morgan fingerprint density at radius 1 is 1.21 bits per heavy atom. The Bertz CT molecular complexity index is 766. The maximum absolute atomic E-state index is 13.0. The fourth-order valence-electron chi connectivity index (χ4n) is 4.23. The molecule has 0 radical (unpaired) electrons. The van der Waals surface area contributed by atoms with Crippen molar-refractivity contribution in [1.29, 1.82) is 0 Å². The molecule has 24 heavy (non-hydrogen) atoms. The highest BCUT2D eigenvalue weighted by Crippen LogP contribution is 2.32. The van der Waals surface area contributed by atoms with E-state index in [9.17, 15) is 4.79 Å². The molecule has 2 unspecified atom stereocenters. The van der Waals surface area contributed by atoms with Crippen LogP contribution in [0.2, 0.25) is 0 Å². The average molecular weight is 324 g/mol. The topological polar surface area (TPSA) is 51.0 Å². The van der Waals surface area contributed by atoms with Crippen LogP contribution in [0.5, 0.6) is 0 Å². The Hall–Kier alpha value is -2.17. The van der Waals surface area contributed by atoms with E-state index in [2.05, 4.69) is 45.6 Å². The summed E-state index contributed by atoms with van der Waals surface area (Å²) in [6.07, 6.45) is 4.40. The maximum atomic E-state index is 13.0. The number of benzene rings is 1. The van der Waals surface area contributed by atoms with Crippen LogP contribution >= 0.6 is 0 Å². The van der Waals surface area contributed by atoms with Gasteiger partial charge in [-0.25, -0.2) is 0 Å².